The number of hydrogen-bond acceptors (Lipinski definition) is 5. The van der Waals surface area contributed by atoms with Gasteiger partial charge in [-0.05, 0) is 54.8 Å². The number of likely N-dealkylation sites (tertiary alicyclic amines) is 1. The van der Waals surface area contributed by atoms with Crippen molar-refractivity contribution in [2.75, 3.05) is 18.4 Å². The Hall–Kier alpha value is -3.61. The number of fused-ring (bicyclic) bond motifs is 1. The Kier molecular flexibility index (Phi) is 6.02. The maximum Gasteiger partial charge on any atom is 0.309 e. The molecule has 1 atom stereocenters. The summed E-state index contributed by atoms with van der Waals surface area (Å²) in [7, 11) is 0. The Balaban J connectivity index is 1.28. The van der Waals surface area contributed by atoms with Crippen LogP contribution in [0, 0.1) is 5.92 Å². The van der Waals surface area contributed by atoms with Gasteiger partial charge in [0.1, 0.15) is 0 Å². The predicted octanol–water partition coefficient (Wildman–Crippen LogP) is 3.86. The molecular formula is C24H24N2O5. The summed E-state index contributed by atoms with van der Waals surface area (Å²) in [5.41, 5.74) is 0.649. The number of rotatable bonds is 5. The van der Waals surface area contributed by atoms with Crippen LogP contribution < -0.4 is 5.32 Å². The molecule has 0 saturated carbocycles. The number of hydrogen-bond donors (Lipinski definition) is 1. The van der Waals surface area contributed by atoms with Gasteiger partial charge in [0.2, 0.25) is 0 Å². The van der Waals surface area contributed by atoms with Gasteiger partial charge in [-0.1, -0.05) is 30.3 Å². The molecule has 1 fully saturated rings. The van der Waals surface area contributed by atoms with E-state index in [-0.39, 0.29) is 17.7 Å². The fraction of sp³-hybridized carbons (Fsp3) is 0.292. The van der Waals surface area contributed by atoms with Crippen LogP contribution in [0.15, 0.2) is 65.3 Å². The topological polar surface area (TPSA) is 88.8 Å². The lowest BCUT2D eigenvalue weighted by molar-refractivity contribution is -0.158. The molecule has 160 valence electrons. The van der Waals surface area contributed by atoms with E-state index in [0.29, 0.717) is 37.4 Å². The van der Waals surface area contributed by atoms with Crippen LogP contribution in [0.1, 0.15) is 30.3 Å². The largest absolute Gasteiger partial charge is 0.459 e. The molecule has 1 saturated heterocycles. The van der Waals surface area contributed by atoms with Crippen LogP contribution in [0.5, 0.6) is 0 Å². The first kappa shape index (κ1) is 20.7. The zero-order chi connectivity index (χ0) is 21.8. The van der Waals surface area contributed by atoms with E-state index in [9.17, 15) is 14.4 Å². The molecular weight excluding hydrogens is 396 g/mol. The summed E-state index contributed by atoms with van der Waals surface area (Å²) in [6.45, 7) is 2.44. The number of nitrogens with zero attached hydrogens (tertiary/aromatic N) is 1. The molecule has 1 aromatic heterocycles. The first-order valence-corrected chi connectivity index (χ1v) is 10.3. The molecule has 0 spiro atoms. The van der Waals surface area contributed by atoms with Crippen LogP contribution in [0.25, 0.3) is 10.8 Å². The van der Waals surface area contributed by atoms with Crippen molar-refractivity contribution in [1.82, 2.24) is 4.90 Å². The maximum atomic E-state index is 12.5. The molecule has 0 radical (unpaired) electrons. The van der Waals surface area contributed by atoms with E-state index < -0.39 is 12.1 Å². The van der Waals surface area contributed by atoms with Gasteiger partial charge >= 0.3 is 5.97 Å². The standard InChI is InChI=1S/C24H24N2O5/c1-16(22(27)25-20-9-8-17-5-2-3-6-19(17)15-20)31-24(29)18-10-12-26(13-11-18)23(28)21-7-4-14-30-21/h2-9,14-16,18H,10-13H2,1H3,(H,25,27). The van der Waals surface area contributed by atoms with Crippen LogP contribution in [0.2, 0.25) is 0 Å². The average molecular weight is 420 g/mol. The second-order valence-corrected chi connectivity index (χ2v) is 7.67. The van der Waals surface area contributed by atoms with E-state index in [4.69, 9.17) is 9.15 Å². The third-order valence-corrected chi connectivity index (χ3v) is 5.53. The van der Waals surface area contributed by atoms with Gasteiger partial charge in [-0.2, -0.15) is 0 Å². The number of furan rings is 1. The lowest BCUT2D eigenvalue weighted by atomic mass is 9.97. The number of benzene rings is 2. The maximum absolute atomic E-state index is 12.5. The minimum Gasteiger partial charge on any atom is -0.459 e. The van der Waals surface area contributed by atoms with Crippen molar-refractivity contribution >= 4 is 34.2 Å². The van der Waals surface area contributed by atoms with E-state index >= 15 is 0 Å². The predicted molar refractivity (Wildman–Crippen MR) is 115 cm³/mol. The van der Waals surface area contributed by atoms with Gasteiger partial charge in [0.05, 0.1) is 12.2 Å². The van der Waals surface area contributed by atoms with Crippen molar-refractivity contribution in [1.29, 1.82) is 0 Å². The molecule has 4 rings (SSSR count). The van der Waals surface area contributed by atoms with Gasteiger partial charge < -0.3 is 19.4 Å². The Morgan fingerprint density at radius 2 is 1.77 bits per heavy atom. The minimum atomic E-state index is -0.915. The highest BCUT2D eigenvalue weighted by molar-refractivity contribution is 5.97. The third kappa shape index (κ3) is 4.77. The lowest BCUT2D eigenvalue weighted by Crippen LogP contribution is -2.41. The monoisotopic (exact) mass is 420 g/mol. The molecule has 1 aliphatic heterocycles. The summed E-state index contributed by atoms with van der Waals surface area (Å²) in [4.78, 5) is 39.0. The van der Waals surface area contributed by atoms with Crippen molar-refractivity contribution in [3.05, 3.63) is 66.6 Å². The van der Waals surface area contributed by atoms with Gasteiger partial charge in [0.15, 0.2) is 11.9 Å². The van der Waals surface area contributed by atoms with Gasteiger partial charge in [0.25, 0.3) is 11.8 Å². The molecule has 0 bridgehead atoms. The number of piperidine rings is 1. The van der Waals surface area contributed by atoms with Gasteiger partial charge in [-0.3, -0.25) is 14.4 Å². The SMILES string of the molecule is CC(OC(=O)C1CCN(C(=O)c2ccco2)CC1)C(=O)Nc1ccc2ccccc2c1. The molecule has 2 heterocycles. The number of esters is 1. The Morgan fingerprint density at radius 1 is 1.03 bits per heavy atom. The van der Waals surface area contributed by atoms with E-state index in [2.05, 4.69) is 5.32 Å². The Morgan fingerprint density at radius 3 is 2.48 bits per heavy atom. The smallest absolute Gasteiger partial charge is 0.309 e. The number of nitrogens with one attached hydrogen (secondary N) is 1. The average Bonchev–Trinajstić information content (AvgIpc) is 3.33. The molecule has 3 aromatic rings. The Labute approximate surface area is 180 Å². The van der Waals surface area contributed by atoms with Gasteiger partial charge in [-0.25, -0.2) is 0 Å². The summed E-state index contributed by atoms with van der Waals surface area (Å²) >= 11 is 0. The molecule has 31 heavy (non-hydrogen) atoms. The second kappa shape index (κ2) is 9.04. The summed E-state index contributed by atoms with van der Waals surface area (Å²) in [5, 5.41) is 4.90. The zero-order valence-electron chi connectivity index (χ0n) is 17.2. The number of carbonyl (C=O) groups excluding carboxylic acids is 3. The van der Waals surface area contributed by atoms with Crippen molar-refractivity contribution in [2.45, 2.75) is 25.9 Å². The first-order chi connectivity index (χ1) is 15.0. The van der Waals surface area contributed by atoms with Crippen LogP contribution in [-0.2, 0) is 14.3 Å². The van der Waals surface area contributed by atoms with Crippen LogP contribution in [-0.4, -0.2) is 41.9 Å². The fourth-order valence-electron chi connectivity index (χ4n) is 3.71. The quantitative estimate of drug-likeness (QED) is 0.633. The molecule has 1 N–H and O–H groups in total. The zero-order valence-corrected chi connectivity index (χ0v) is 17.2. The van der Waals surface area contributed by atoms with Crippen molar-refractivity contribution < 1.29 is 23.5 Å². The van der Waals surface area contributed by atoms with Gasteiger partial charge in [0, 0.05) is 18.8 Å². The Bertz CT molecular complexity index is 1080. The highest BCUT2D eigenvalue weighted by atomic mass is 16.5. The molecule has 1 unspecified atom stereocenters. The highest BCUT2D eigenvalue weighted by Gasteiger charge is 2.31. The third-order valence-electron chi connectivity index (χ3n) is 5.53. The summed E-state index contributed by atoms with van der Waals surface area (Å²) in [5.74, 6) is -1.02. The minimum absolute atomic E-state index is 0.181. The molecule has 7 nitrogen and oxygen atoms in total. The normalized spacial score (nSPS) is 15.5. The van der Waals surface area contributed by atoms with Crippen LogP contribution in [0.3, 0.4) is 0 Å². The number of anilines is 1. The first-order valence-electron chi connectivity index (χ1n) is 10.3. The van der Waals surface area contributed by atoms with E-state index in [1.807, 2.05) is 42.5 Å². The van der Waals surface area contributed by atoms with Gasteiger partial charge in [-0.15, -0.1) is 0 Å². The lowest BCUT2D eigenvalue weighted by Gasteiger charge is -2.30. The van der Waals surface area contributed by atoms with E-state index in [1.54, 1.807) is 24.0 Å². The molecule has 2 aromatic carbocycles. The van der Waals surface area contributed by atoms with Crippen molar-refractivity contribution in [2.24, 2.45) is 5.92 Å². The summed E-state index contributed by atoms with van der Waals surface area (Å²) < 4.78 is 10.6. The number of ether oxygens (including phenoxy) is 1. The second-order valence-electron chi connectivity index (χ2n) is 7.67. The van der Waals surface area contributed by atoms with Crippen LogP contribution >= 0.6 is 0 Å². The van der Waals surface area contributed by atoms with E-state index in [1.165, 1.54) is 6.26 Å². The molecule has 2 amide bonds. The molecule has 1 aliphatic rings. The number of carbonyl (C=O) groups is 3. The molecule has 7 heteroatoms. The number of amides is 2. The highest BCUT2D eigenvalue weighted by Crippen LogP contribution is 2.22. The van der Waals surface area contributed by atoms with E-state index in [0.717, 1.165) is 10.8 Å². The molecule has 0 aliphatic carbocycles. The summed E-state index contributed by atoms with van der Waals surface area (Å²) in [6.07, 6.45) is 1.53. The van der Waals surface area contributed by atoms with Crippen LogP contribution in [0.4, 0.5) is 5.69 Å². The van der Waals surface area contributed by atoms with Crippen molar-refractivity contribution in [3.8, 4) is 0 Å². The van der Waals surface area contributed by atoms with Crippen molar-refractivity contribution in [3.63, 3.8) is 0 Å². The fourth-order valence-corrected chi connectivity index (χ4v) is 3.71. The summed E-state index contributed by atoms with van der Waals surface area (Å²) in [6, 6.07) is 16.8.